The summed E-state index contributed by atoms with van der Waals surface area (Å²) in [7, 11) is 0. The van der Waals surface area contributed by atoms with E-state index in [0.29, 0.717) is 5.41 Å². The van der Waals surface area contributed by atoms with E-state index in [1.807, 2.05) is 18.2 Å². The van der Waals surface area contributed by atoms with Crippen molar-refractivity contribution in [2.24, 2.45) is 11.3 Å². The topological polar surface area (TPSA) is 29.3 Å². The molecule has 1 aromatic carbocycles. The normalized spacial score (nSPS) is 17.4. The van der Waals surface area contributed by atoms with E-state index in [1.165, 1.54) is 0 Å². The Morgan fingerprint density at radius 1 is 1.31 bits per heavy atom. The summed E-state index contributed by atoms with van der Waals surface area (Å²) < 4.78 is 0. The number of nitrogen functional groups attached to an aromatic ring is 1. The number of nitrogens with zero attached hydrogens (tertiary/aromatic N) is 1. The van der Waals surface area contributed by atoms with E-state index < -0.39 is 0 Å². The van der Waals surface area contributed by atoms with Crippen molar-refractivity contribution < 1.29 is 0 Å². The average molecular weight is 239 g/mol. The predicted octanol–water partition coefficient (Wildman–Crippen LogP) is 3.40. The Bertz CT molecular complexity index is 389. The minimum absolute atomic E-state index is 0.379. The van der Waals surface area contributed by atoms with Crippen molar-refractivity contribution in [3.05, 3.63) is 23.2 Å². The Morgan fingerprint density at radius 2 is 1.94 bits per heavy atom. The molecule has 0 radical (unpaired) electrons. The fraction of sp³-hybridized carbons (Fsp3) is 0.538. The smallest absolute Gasteiger partial charge is 0.0615 e. The summed E-state index contributed by atoms with van der Waals surface area (Å²) in [6.45, 7) is 9.02. The molecule has 0 aromatic heterocycles. The van der Waals surface area contributed by atoms with Gasteiger partial charge >= 0.3 is 0 Å². The molecule has 1 heterocycles. The molecular weight excluding hydrogens is 220 g/mol. The molecule has 1 saturated heterocycles. The minimum Gasteiger partial charge on any atom is -0.397 e. The Morgan fingerprint density at radius 3 is 2.50 bits per heavy atom. The fourth-order valence-corrected chi connectivity index (χ4v) is 2.18. The number of hydrogen-bond donors (Lipinski definition) is 1. The zero-order chi connectivity index (χ0) is 11.9. The molecule has 1 aliphatic rings. The first kappa shape index (κ1) is 11.6. The summed E-state index contributed by atoms with van der Waals surface area (Å²) in [5.74, 6) is 0.742. The number of hydrogen-bond acceptors (Lipinski definition) is 2. The molecule has 2 rings (SSSR count). The van der Waals surface area contributed by atoms with Crippen LogP contribution in [0.15, 0.2) is 18.2 Å². The second-order valence-corrected chi connectivity index (χ2v) is 6.11. The molecule has 2 nitrogen and oxygen atoms in total. The maximum absolute atomic E-state index is 5.99. The van der Waals surface area contributed by atoms with E-state index in [1.54, 1.807) is 0 Å². The maximum atomic E-state index is 5.99. The van der Waals surface area contributed by atoms with Gasteiger partial charge in [0.2, 0.25) is 0 Å². The first-order valence-electron chi connectivity index (χ1n) is 5.68. The molecule has 3 heteroatoms. The van der Waals surface area contributed by atoms with E-state index >= 15 is 0 Å². The van der Waals surface area contributed by atoms with E-state index in [9.17, 15) is 0 Å². The third kappa shape index (κ3) is 2.12. The molecule has 1 fully saturated rings. The fourth-order valence-electron chi connectivity index (χ4n) is 2.01. The van der Waals surface area contributed by atoms with Gasteiger partial charge in [-0.1, -0.05) is 32.4 Å². The van der Waals surface area contributed by atoms with Crippen LogP contribution >= 0.6 is 11.6 Å². The molecule has 0 unspecified atom stereocenters. The van der Waals surface area contributed by atoms with Gasteiger partial charge in [-0.05, 0) is 29.5 Å². The van der Waals surface area contributed by atoms with Crippen molar-refractivity contribution in [2.75, 3.05) is 23.7 Å². The van der Waals surface area contributed by atoms with E-state index in [-0.39, 0.29) is 0 Å². The number of anilines is 2. The molecule has 0 atom stereocenters. The first-order valence-corrected chi connectivity index (χ1v) is 6.05. The SMILES string of the molecule is CC(C)(C)C1CN(c2cc(Cl)ccc2N)C1. The summed E-state index contributed by atoms with van der Waals surface area (Å²) in [5.41, 5.74) is 8.23. The van der Waals surface area contributed by atoms with Crippen LogP contribution in [0.25, 0.3) is 0 Å². The van der Waals surface area contributed by atoms with Gasteiger partial charge in [0.25, 0.3) is 0 Å². The number of halogens is 1. The van der Waals surface area contributed by atoms with Gasteiger partial charge < -0.3 is 10.6 Å². The standard InChI is InChI=1S/C13H19ClN2/c1-13(2,3)9-7-16(8-9)12-6-10(14)4-5-11(12)15/h4-6,9H,7-8,15H2,1-3H3. The molecule has 0 bridgehead atoms. The van der Waals surface area contributed by atoms with Gasteiger partial charge in [0.1, 0.15) is 0 Å². The Kier molecular flexibility index (Phi) is 2.79. The highest BCUT2D eigenvalue weighted by molar-refractivity contribution is 6.31. The number of rotatable bonds is 1. The third-order valence-electron chi connectivity index (χ3n) is 3.44. The molecule has 1 aliphatic heterocycles. The van der Waals surface area contributed by atoms with Gasteiger partial charge in [-0.3, -0.25) is 0 Å². The van der Waals surface area contributed by atoms with Crippen molar-refractivity contribution >= 4 is 23.0 Å². The average Bonchev–Trinajstić information content (AvgIpc) is 2.06. The third-order valence-corrected chi connectivity index (χ3v) is 3.67. The second-order valence-electron chi connectivity index (χ2n) is 5.67. The zero-order valence-electron chi connectivity index (χ0n) is 10.1. The maximum Gasteiger partial charge on any atom is 0.0615 e. The first-order chi connectivity index (χ1) is 7.38. The van der Waals surface area contributed by atoms with Crippen LogP contribution in [0.1, 0.15) is 20.8 Å². The van der Waals surface area contributed by atoms with Crippen molar-refractivity contribution in [3.8, 4) is 0 Å². The van der Waals surface area contributed by atoms with Crippen LogP contribution < -0.4 is 10.6 Å². The highest BCUT2D eigenvalue weighted by Crippen LogP contribution is 2.38. The summed E-state index contributed by atoms with van der Waals surface area (Å²) in [6, 6.07) is 5.67. The second kappa shape index (κ2) is 3.85. The quantitative estimate of drug-likeness (QED) is 0.760. The van der Waals surface area contributed by atoms with Crippen LogP contribution in [0.2, 0.25) is 5.02 Å². The number of benzene rings is 1. The lowest BCUT2D eigenvalue weighted by Gasteiger charge is -2.48. The zero-order valence-corrected chi connectivity index (χ0v) is 10.9. The van der Waals surface area contributed by atoms with Gasteiger partial charge in [-0.2, -0.15) is 0 Å². The molecule has 88 valence electrons. The van der Waals surface area contributed by atoms with Crippen LogP contribution in [0.3, 0.4) is 0 Å². The van der Waals surface area contributed by atoms with Gasteiger partial charge in [-0.25, -0.2) is 0 Å². The van der Waals surface area contributed by atoms with Crippen LogP contribution in [-0.4, -0.2) is 13.1 Å². The predicted molar refractivity (Wildman–Crippen MR) is 71.0 cm³/mol. The van der Waals surface area contributed by atoms with Gasteiger partial charge in [0, 0.05) is 18.1 Å². The summed E-state index contributed by atoms with van der Waals surface area (Å²) in [4.78, 5) is 2.30. The Balaban J connectivity index is 2.09. The largest absolute Gasteiger partial charge is 0.397 e. The van der Waals surface area contributed by atoms with Crippen molar-refractivity contribution in [1.82, 2.24) is 0 Å². The molecule has 0 saturated carbocycles. The van der Waals surface area contributed by atoms with Crippen molar-refractivity contribution in [2.45, 2.75) is 20.8 Å². The minimum atomic E-state index is 0.379. The summed E-state index contributed by atoms with van der Waals surface area (Å²) in [6.07, 6.45) is 0. The summed E-state index contributed by atoms with van der Waals surface area (Å²) >= 11 is 5.99. The van der Waals surface area contributed by atoms with Crippen LogP contribution in [-0.2, 0) is 0 Å². The molecule has 1 aromatic rings. The summed E-state index contributed by atoms with van der Waals surface area (Å²) in [5, 5.41) is 0.753. The van der Waals surface area contributed by atoms with Crippen LogP contribution in [0.5, 0.6) is 0 Å². The number of nitrogens with two attached hydrogens (primary N) is 1. The van der Waals surface area contributed by atoms with Crippen molar-refractivity contribution in [1.29, 1.82) is 0 Å². The van der Waals surface area contributed by atoms with E-state index in [2.05, 4.69) is 25.7 Å². The van der Waals surface area contributed by atoms with Gasteiger partial charge in [0.05, 0.1) is 11.4 Å². The van der Waals surface area contributed by atoms with Gasteiger partial charge in [-0.15, -0.1) is 0 Å². The van der Waals surface area contributed by atoms with E-state index in [4.69, 9.17) is 17.3 Å². The lowest BCUT2D eigenvalue weighted by molar-refractivity contribution is 0.195. The molecule has 0 aliphatic carbocycles. The molecular formula is C13H19ClN2. The van der Waals surface area contributed by atoms with E-state index in [0.717, 1.165) is 35.4 Å². The molecule has 0 amide bonds. The highest BCUT2D eigenvalue weighted by Gasteiger charge is 2.36. The molecule has 16 heavy (non-hydrogen) atoms. The molecule has 0 spiro atoms. The van der Waals surface area contributed by atoms with Crippen LogP contribution in [0.4, 0.5) is 11.4 Å². The monoisotopic (exact) mass is 238 g/mol. The lowest BCUT2D eigenvalue weighted by atomic mass is 9.76. The Hall–Kier alpha value is -0.890. The molecule has 2 N–H and O–H groups in total. The lowest BCUT2D eigenvalue weighted by Crippen LogP contribution is -2.52. The Labute approximate surface area is 102 Å². The van der Waals surface area contributed by atoms with Gasteiger partial charge in [0.15, 0.2) is 0 Å². The highest BCUT2D eigenvalue weighted by atomic mass is 35.5. The van der Waals surface area contributed by atoms with Crippen molar-refractivity contribution in [3.63, 3.8) is 0 Å². The van der Waals surface area contributed by atoms with Crippen LogP contribution in [0, 0.1) is 11.3 Å².